The first-order valence-electron chi connectivity index (χ1n) is 14.6. The van der Waals surface area contributed by atoms with E-state index in [1.807, 2.05) is 62.4 Å². The van der Waals surface area contributed by atoms with Crippen LogP contribution < -0.4 is 10.6 Å². The largest absolute Gasteiger partial charge is 0.468 e. The SMILES string of the molecule is CCCCCCN(C(=O)C(Cc1ccccc1)NC(=O)OC(C)(C)C)C(C(=O)NCC(=O)OC)c1cc(C)cc(C)c1. The van der Waals surface area contributed by atoms with Gasteiger partial charge in [0.05, 0.1) is 7.11 Å². The number of carbonyl (C=O) groups is 4. The Morgan fingerprint density at radius 1 is 0.929 bits per heavy atom. The molecule has 9 nitrogen and oxygen atoms in total. The Kier molecular flexibility index (Phi) is 13.5. The van der Waals surface area contributed by atoms with Crippen LogP contribution in [0.25, 0.3) is 0 Å². The number of unbranched alkanes of at least 4 members (excludes halogenated alkanes) is 3. The smallest absolute Gasteiger partial charge is 0.408 e. The monoisotopic (exact) mass is 581 g/mol. The maximum atomic E-state index is 14.5. The first-order chi connectivity index (χ1) is 19.8. The molecule has 0 aliphatic heterocycles. The maximum Gasteiger partial charge on any atom is 0.408 e. The van der Waals surface area contributed by atoms with Gasteiger partial charge in [-0.15, -0.1) is 0 Å². The normalized spacial score (nSPS) is 12.5. The van der Waals surface area contributed by atoms with Crippen LogP contribution in [0.1, 0.15) is 81.7 Å². The molecular weight excluding hydrogens is 534 g/mol. The van der Waals surface area contributed by atoms with Crippen LogP contribution in [0.15, 0.2) is 48.5 Å². The van der Waals surface area contributed by atoms with Gasteiger partial charge < -0.3 is 25.0 Å². The van der Waals surface area contributed by atoms with E-state index in [0.717, 1.165) is 36.0 Å². The van der Waals surface area contributed by atoms with Gasteiger partial charge in [0, 0.05) is 13.0 Å². The van der Waals surface area contributed by atoms with Crippen LogP contribution in [0.4, 0.5) is 4.79 Å². The van der Waals surface area contributed by atoms with Gasteiger partial charge in [0.1, 0.15) is 24.2 Å². The van der Waals surface area contributed by atoms with Crippen LogP contribution in [-0.4, -0.2) is 60.6 Å². The van der Waals surface area contributed by atoms with Crippen LogP contribution in [0.2, 0.25) is 0 Å². The molecule has 0 aliphatic carbocycles. The van der Waals surface area contributed by atoms with Gasteiger partial charge in [0.15, 0.2) is 0 Å². The number of rotatable bonds is 14. The van der Waals surface area contributed by atoms with Gasteiger partial charge in [-0.05, 0) is 52.2 Å². The zero-order valence-electron chi connectivity index (χ0n) is 26.1. The fourth-order valence-corrected chi connectivity index (χ4v) is 4.74. The van der Waals surface area contributed by atoms with Crippen molar-refractivity contribution < 1.29 is 28.7 Å². The lowest BCUT2D eigenvalue weighted by molar-refractivity contribution is -0.144. The van der Waals surface area contributed by atoms with Gasteiger partial charge in [0.25, 0.3) is 0 Å². The molecule has 0 saturated carbocycles. The molecule has 9 heteroatoms. The highest BCUT2D eigenvalue weighted by molar-refractivity contribution is 5.93. The van der Waals surface area contributed by atoms with E-state index in [2.05, 4.69) is 17.6 Å². The van der Waals surface area contributed by atoms with Gasteiger partial charge in [-0.3, -0.25) is 14.4 Å². The molecule has 3 amide bonds. The van der Waals surface area contributed by atoms with Crippen molar-refractivity contribution in [3.63, 3.8) is 0 Å². The molecule has 2 rings (SSSR count). The van der Waals surface area contributed by atoms with Gasteiger partial charge in [0.2, 0.25) is 11.8 Å². The summed E-state index contributed by atoms with van der Waals surface area (Å²) in [7, 11) is 1.25. The number of hydrogen-bond acceptors (Lipinski definition) is 6. The fourth-order valence-electron chi connectivity index (χ4n) is 4.74. The minimum atomic E-state index is -1.04. The molecule has 0 radical (unpaired) electrons. The third-order valence-electron chi connectivity index (χ3n) is 6.56. The van der Waals surface area contributed by atoms with Crippen molar-refractivity contribution >= 4 is 23.9 Å². The third kappa shape index (κ3) is 11.5. The van der Waals surface area contributed by atoms with E-state index >= 15 is 0 Å². The number of nitrogens with one attached hydrogen (secondary N) is 2. The molecule has 2 aromatic carbocycles. The summed E-state index contributed by atoms with van der Waals surface area (Å²) in [4.78, 5) is 54.6. The first kappa shape index (κ1) is 34.3. The quantitative estimate of drug-likeness (QED) is 0.235. The number of benzene rings is 2. The average molecular weight is 582 g/mol. The molecule has 0 aromatic heterocycles. The van der Waals surface area contributed by atoms with Crippen LogP contribution in [0.3, 0.4) is 0 Å². The van der Waals surface area contributed by atoms with Gasteiger partial charge in [-0.25, -0.2) is 4.79 Å². The third-order valence-corrected chi connectivity index (χ3v) is 6.56. The summed E-state index contributed by atoms with van der Waals surface area (Å²) in [6, 6.07) is 13.1. The number of methoxy groups -OCH3 is 1. The minimum absolute atomic E-state index is 0.202. The predicted octanol–water partition coefficient (Wildman–Crippen LogP) is 5.18. The molecule has 2 unspecified atom stereocenters. The van der Waals surface area contributed by atoms with Gasteiger partial charge in [-0.1, -0.05) is 85.8 Å². The van der Waals surface area contributed by atoms with E-state index < -0.39 is 41.6 Å². The number of carbonyl (C=O) groups excluding carboxylic acids is 4. The molecule has 42 heavy (non-hydrogen) atoms. The summed E-state index contributed by atoms with van der Waals surface area (Å²) in [5.74, 6) is -1.53. The van der Waals surface area contributed by atoms with Gasteiger partial charge >= 0.3 is 12.1 Å². The molecule has 0 saturated heterocycles. The lowest BCUT2D eigenvalue weighted by atomic mass is 9.97. The number of alkyl carbamates (subject to hydrolysis) is 1. The van der Waals surface area contributed by atoms with E-state index in [1.54, 1.807) is 20.8 Å². The number of nitrogens with zero attached hydrogens (tertiary/aromatic N) is 1. The molecule has 2 aromatic rings. The zero-order chi connectivity index (χ0) is 31.3. The molecule has 0 heterocycles. The second-order valence-electron chi connectivity index (χ2n) is 11.6. The maximum absolute atomic E-state index is 14.5. The molecule has 0 bridgehead atoms. The van der Waals surface area contributed by atoms with Crippen molar-refractivity contribution in [2.24, 2.45) is 0 Å². The molecule has 2 atom stereocenters. The molecular formula is C33H47N3O6. The average Bonchev–Trinajstić information content (AvgIpc) is 2.91. The zero-order valence-corrected chi connectivity index (χ0v) is 26.1. The number of ether oxygens (including phenoxy) is 2. The van der Waals surface area contributed by atoms with E-state index in [4.69, 9.17) is 9.47 Å². The number of aryl methyl sites for hydroxylation is 2. The van der Waals surface area contributed by atoms with E-state index in [1.165, 1.54) is 12.0 Å². The summed E-state index contributed by atoms with van der Waals surface area (Å²) in [6.45, 7) is 11.2. The topological polar surface area (TPSA) is 114 Å². The Morgan fingerprint density at radius 3 is 2.14 bits per heavy atom. The summed E-state index contributed by atoms with van der Waals surface area (Å²) in [5, 5.41) is 5.42. The molecule has 0 fully saturated rings. The Balaban J connectivity index is 2.59. The van der Waals surface area contributed by atoms with Crippen LogP contribution in [0, 0.1) is 13.8 Å². The Morgan fingerprint density at radius 2 is 1.57 bits per heavy atom. The summed E-state index contributed by atoms with van der Waals surface area (Å²) in [5.41, 5.74) is 2.56. The predicted molar refractivity (Wildman–Crippen MR) is 163 cm³/mol. The van der Waals surface area contributed by atoms with Crippen molar-refractivity contribution in [2.45, 2.75) is 91.3 Å². The Labute approximate surface area is 250 Å². The highest BCUT2D eigenvalue weighted by Gasteiger charge is 2.36. The van der Waals surface area contributed by atoms with Crippen molar-refractivity contribution in [1.82, 2.24) is 15.5 Å². The summed E-state index contributed by atoms with van der Waals surface area (Å²) >= 11 is 0. The second kappa shape index (κ2) is 16.5. The lowest BCUT2D eigenvalue weighted by Crippen LogP contribution is -2.54. The van der Waals surface area contributed by atoms with Crippen LogP contribution in [-0.2, 0) is 30.3 Å². The first-order valence-corrected chi connectivity index (χ1v) is 14.6. The molecule has 0 aliphatic rings. The van der Waals surface area contributed by atoms with Crippen molar-refractivity contribution in [1.29, 1.82) is 0 Å². The standard InChI is InChI=1S/C33H47N3O6/c1-8-9-10-14-17-36(29(30(38)34-22-28(37)41-7)26-19-23(2)18-24(3)20-26)31(39)27(21-25-15-12-11-13-16-25)35-32(40)42-33(4,5)6/h11-13,15-16,18-20,27,29H,8-10,14,17,21-22H2,1-7H3,(H,34,38)(H,35,40). The highest BCUT2D eigenvalue weighted by Crippen LogP contribution is 2.26. The molecule has 230 valence electrons. The van der Waals surface area contributed by atoms with E-state index in [9.17, 15) is 19.2 Å². The van der Waals surface area contributed by atoms with E-state index in [0.29, 0.717) is 12.0 Å². The molecule has 2 N–H and O–H groups in total. The van der Waals surface area contributed by atoms with Crippen molar-refractivity contribution in [3.8, 4) is 0 Å². The van der Waals surface area contributed by atoms with Gasteiger partial charge in [-0.2, -0.15) is 0 Å². The fraction of sp³-hybridized carbons (Fsp3) is 0.515. The van der Waals surface area contributed by atoms with Crippen molar-refractivity contribution in [2.75, 3.05) is 20.2 Å². The van der Waals surface area contributed by atoms with Crippen LogP contribution in [0.5, 0.6) is 0 Å². The van der Waals surface area contributed by atoms with Crippen molar-refractivity contribution in [3.05, 3.63) is 70.8 Å². The summed E-state index contributed by atoms with van der Waals surface area (Å²) < 4.78 is 10.2. The highest BCUT2D eigenvalue weighted by atomic mass is 16.6. The number of amides is 3. The summed E-state index contributed by atoms with van der Waals surface area (Å²) in [6.07, 6.45) is 3.00. The Bertz CT molecular complexity index is 1170. The lowest BCUT2D eigenvalue weighted by Gasteiger charge is -2.35. The number of esters is 1. The Hall–Kier alpha value is -3.88. The van der Waals surface area contributed by atoms with E-state index in [-0.39, 0.29) is 19.5 Å². The second-order valence-corrected chi connectivity index (χ2v) is 11.6. The molecule has 0 spiro atoms. The minimum Gasteiger partial charge on any atom is -0.468 e. The van der Waals surface area contributed by atoms with Crippen LogP contribution >= 0.6 is 0 Å². The number of hydrogen-bond donors (Lipinski definition) is 2.